The van der Waals surface area contributed by atoms with Gasteiger partial charge in [0.05, 0.1) is 15.6 Å². The number of carboxylic acids is 1. The van der Waals surface area contributed by atoms with Gasteiger partial charge in [0.25, 0.3) is 0 Å². The molecule has 128 valence electrons. The third-order valence-corrected chi connectivity index (χ3v) is 4.65. The van der Waals surface area contributed by atoms with E-state index in [0.29, 0.717) is 0 Å². The van der Waals surface area contributed by atoms with Crippen LogP contribution in [0.5, 0.6) is 0 Å². The molecule has 1 aromatic carbocycles. The number of aliphatic carboxylic acids is 1. The van der Waals surface area contributed by atoms with Crippen molar-refractivity contribution in [3.63, 3.8) is 0 Å². The van der Waals surface area contributed by atoms with Gasteiger partial charge in [0.1, 0.15) is 6.04 Å². The van der Waals surface area contributed by atoms with Crippen LogP contribution in [0.1, 0.15) is 27.2 Å². The molecule has 0 bridgehead atoms. The molecule has 0 unspecified atom stereocenters. The van der Waals surface area contributed by atoms with Gasteiger partial charge in [-0.15, -0.1) is 0 Å². The van der Waals surface area contributed by atoms with E-state index in [1.807, 2.05) is 0 Å². The summed E-state index contributed by atoms with van der Waals surface area (Å²) in [5.41, 5.74) is 0.273. The summed E-state index contributed by atoms with van der Waals surface area (Å²) in [6, 6.07) is 2.52. The molecule has 0 aliphatic carbocycles. The summed E-state index contributed by atoms with van der Waals surface area (Å²) in [7, 11) is -4.05. The van der Waals surface area contributed by atoms with E-state index in [2.05, 4.69) is 10.0 Å². The van der Waals surface area contributed by atoms with Gasteiger partial charge in [-0.05, 0) is 30.5 Å². The topological polar surface area (TPSA) is 113 Å². The number of amides is 1. The molecule has 0 fully saturated rings. The van der Waals surface area contributed by atoms with Gasteiger partial charge in [-0.3, -0.25) is 9.59 Å². The molecule has 0 aromatic heterocycles. The van der Waals surface area contributed by atoms with E-state index >= 15 is 0 Å². The van der Waals surface area contributed by atoms with Gasteiger partial charge >= 0.3 is 5.97 Å². The van der Waals surface area contributed by atoms with Crippen molar-refractivity contribution in [2.24, 2.45) is 5.92 Å². The Kier molecular flexibility index (Phi) is 6.55. The molecule has 0 heterocycles. The van der Waals surface area contributed by atoms with Crippen molar-refractivity contribution in [1.82, 2.24) is 4.72 Å². The van der Waals surface area contributed by atoms with E-state index in [1.54, 1.807) is 13.8 Å². The Balaban J connectivity index is 3.05. The van der Waals surface area contributed by atoms with Gasteiger partial charge < -0.3 is 10.4 Å². The molecule has 1 aromatic rings. The fraction of sp³-hybridized carbons (Fsp3) is 0.429. The second-order valence-electron chi connectivity index (χ2n) is 5.46. The molecular formula is C14H19ClN2O5S. The van der Waals surface area contributed by atoms with Crippen molar-refractivity contribution in [2.45, 2.75) is 38.1 Å². The molecule has 0 radical (unpaired) electrons. The van der Waals surface area contributed by atoms with E-state index < -0.39 is 22.0 Å². The fourth-order valence-electron chi connectivity index (χ4n) is 1.88. The fourth-order valence-corrected chi connectivity index (χ4v) is 3.40. The lowest BCUT2D eigenvalue weighted by atomic mass is 10.1. The lowest BCUT2D eigenvalue weighted by Gasteiger charge is -2.17. The maximum absolute atomic E-state index is 12.3. The van der Waals surface area contributed by atoms with Crippen molar-refractivity contribution in [3.8, 4) is 0 Å². The standard InChI is InChI=1S/C14H19ClN2O5S/c1-8(2)6-13(14(19)20)17-23(21,22)10-4-5-12(11(15)7-10)16-9(3)18/h4-5,7-8,13,17H,6H2,1-3H3,(H,16,18)(H,19,20)/t13-/m0/s1. The molecule has 0 aliphatic heterocycles. The summed E-state index contributed by atoms with van der Waals surface area (Å²) in [6.07, 6.45) is 0.159. The van der Waals surface area contributed by atoms with Crippen LogP contribution >= 0.6 is 11.6 Å². The van der Waals surface area contributed by atoms with E-state index in [0.717, 1.165) is 6.07 Å². The molecule has 1 atom stereocenters. The average molecular weight is 363 g/mol. The first kappa shape index (κ1) is 19.4. The van der Waals surface area contributed by atoms with Gasteiger partial charge in [-0.2, -0.15) is 4.72 Å². The third kappa shape index (κ3) is 5.81. The van der Waals surface area contributed by atoms with Crippen LogP contribution in [0.25, 0.3) is 0 Å². The number of carbonyl (C=O) groups excluding carboxylic acids is 1. The molecule has 1 rings (SSSR count). The minimum Gasteiger partial charge on any atom is -0.480 e. The third-order valence-electron chi connectivity index (χ3n) is 2.86. The summed E-state index contributed by atoms with van der Waals surface area (Å²) in [6.45, 7) is 4.89. The Labute approximate surface area is 140 Å². The van der Waals surface area contributed by atoms with Crippen molar-refractivity contribution < 1.29 is 23.1 Å². The molecule has 0 saturated carbocycles. The first-order valence-electron chi connectivity index (χ1n) is 6.85. The number of benzene rings is 1. The molecule has 23 heavy (non-hydrogen) atoms. The highest BCUT2D eigenvalue weighted by atomic mass is 35.5. The Hall–Kier alpha value is -1.64. The highest BCUT2D eigenvalue weighted by Gasteiger charge is 2.26. The lowest BCUT2D eigenvalue weighted by Crippen LogP contribution is -2.41. The number of halogens is 1. The van der Waals surface area contributed by atoms with Crippen LogP contribution in [-0.2, 0) is 19.6 Å². The second-order valence-corrected chi connectivity index (χ2v) is 7.59. The van der Waals surface area contributed by atoms with Crippen LogP contribution in [0, 0.1) is 5.92 Å². The van der Waals surface area contributed by atoms with Gasteiger partial charge in [-0.1, -0.05) is 25.4 Å². The largest absolute Gasteiger partial charge is 0.480 e. The van der Waals surface area contributed by atoms with E-state index in [9.17, 15) is 18.0 Å². The van der Waals surface area contributed by atoms with Crippen molar-refractivity contribution >= 4 is 39.2 Å². The van der Waals surface area contributed by atoms with Gasteiger partial charge in [-0.25, -0.2) is 8.42 Å². The molecule has 0 spiro atoms. The van der Waals surface area contributed by atoms with E-state index in [1.165, 1.54) is 19.1 Å². The van der Waals surface area contributed by atoms with Crippen LogP contribution < -0.4 is 10.0 Å². The number of sulfonamides is 1. The summed E-state index contributed by atoms with van der Waals surface area (Å²) in [5, 5.41) is 11.6. The molecule has 0 aliphatic rings. The Bertz CT molecular complexity index is 703. The minimum atomic E-state index is -4.05. The maximum Gasteiger partial charge on any atom is 0.321 e. The summed E-state index contributed by atoms with van der Waals surface area (Å²) >= 11 is 5.94. The monoisotopic (exact) mass is 362 g/mol. The Morgan fingerprint density at radius 2 is 1.91 bits per heavy atom. The smallest absolute Gasteiger partial charge is 0.321 e. The summed E-state index contributed by atoms with van der Waals surface area (Å²) in [5.74, 6) is -1.59. The quantitative estimate of drug-likeness (QED) is 0.687. The number of hydrogen-bond acceptors (Lipinski definition) is 4. The molecule has 3 N–H and O–H groups in total. The van der Waals surface area contributed by atoms with Crippen LogP contribution in [0.3, 0.4) is 0 Å². The van der Waals surface area contributed by atoms with Crippen LogP contribution in [0.15, 0.2) is 23.1 Å². The number of carboxylic acid groups (broad SMARTS) is 1. The van der Waals surface area contributed by atoms with Crippen molar-refractivity contribution in [2.75, 3.05) is 5.32 Å². The zero-order valence-corrected chi connectivity index (χ0v) is 14.5. The Morgan fingerprint density at radius 3 is 2.35 bits per heavy atom. The number of carbonyl (C=O) groups is 2. The maximum atomic E-state index is 12.3. The van der Waals surface area contributed by atoms with E-state index in [4.69, 9.17) is 16.7 Å². The summed E-state index contributed by atoms with van der Waals surface area (Å²) in [4.78, 5) is 22.0. The molecule has 0 saturated heterocycles. The van der Waals surface area contributed by atoms with Gasteiger partial charge in [0, 0.05) is 6.92 Å². The highest BCUT2D eigenvalue weighted by molar-refractivity contribution is 7.89. The predicted octanol–water partition coefficient (Wildman–Crippen LogP) is 2.08. The first-order valence-corrected chi connectivity index (χ1v) is 8.71. The van der Waals surface area contributed by atoms with Crippen molar-refractivity contribution in [1.29, 1.82) is 0 Å². The van der Waals surface area contributed by atoms with Crippen LogP contribution in [0.2, 0.25) is 5.02 Å². The number of anilines is 1. The zero-order valence-electron chi connectivity index (χ0n) is 13.0. The number of rotatable bonds is 7. The number of nitrogens with one attached hydrogen (secondary N) is 2. The van der Waals surface area contributed by atoms with E-state index in [-0.39, 0.29) is 33.9 Å². The summed E-state index contributed by atoms with van der Waals surface area (Å²) < 4.78 is 26.7. The van der Waals surface area contributed by atoms with Gasteiger partial charge in [0.2, 0.25) is 15.9 Å². The molecular weight excluding hydrogens is 344 g/mol. The molecule has 1 amide bonds. The van der Waals surface area contributed by atoms with Crippen LogP contribution in [0.4, 0.5) is 5.69 Å². The first-order chi connectivity index (χ1) is 10.5. The van der Waals surface area contributed by atoms with Crippen LogP contribution in [-0.4, -0.2) is 31.4 Å². The molecule has 7 nitrogen and oxygen atoms in total. The normalized spacial score (nSPS) is 12.9. The van der Waals surface area contributed by atoms with Crippen molar-refractivity contribution in [3.05, 3.63) is 23.2 Å². The lowest BCUT2D eigenvalue weighted by molar-refractivity contribution is -0.139. The van der Waals surface area contributed by atoms with Gasteiger partial charge in [0.15, 0.2) is 0 Å². The zero-order chi connectivity index (χ0) is 17.8. The average Bonchev–Trinajstić information content (AvgIpc) is 2.38. The highest BCUT2D eigenvalue weighted by Crippen LogP contribution is 2.25. The second kappa shape index (κ2) is 7.76. The number of hydrogen-bond donors (Lipinski definition) is 3. The predicted molar refractivity (Wildman–Crippen MR) is 87.0 cm³/mol. The molecule has 9 heteroatoms. The SMILES string of the molecule is CC(=O)Nc1ccc(S(=O)(=O)N[C@@H](CC(C)C)C(=O)O)cc1Cl. The Morgan fingerprint density at radius 1 is 1.30 bits per heavy atom. The minimum absolute atomic E-state index is 0.00419.